The quantitative estimate of drug-likeness (QED) is 0.664. The standard InChI is InChI=1S/C19H22F2N6/c1-13-6-16(22-4-5-26(2)3)11-17(7-13)24-19-23-12-27(25-19)18-9-14(20)8-15(21)10-18/h6-12,22H,4-5H2,1-3H3,(H,24,25). The molecule has 0 radical (unpaired) electrons. The molecule has 0 aliphatic heterocycles. The van der Waals surface area contributed by atoms with Crippen molar-refractivity contribution >= 4 is 17.3 Å². The van der Waals surface area contributed by atoms with Crippen molar-refractivity contribution in [3.05, 3.63) is 59.9 Å². The van der Waals surface area contributed by atoms with E-state index in [1.165, 1.54) is 23.1 Å². The number of rotatable bonds is 7. The molecule has 0 unspecified atom stereocenters. The van der Waals surface area contributed by atoms with Gasteiger partial charge in [-0.05, 0) is 56.9 Å². The van der Waals surface area contributed by atoms with Crippen LogP contribution in [0, 0.1) is 18.6 Å². The number of anilines is 3. The molecule has 1 heterocycles. The van der Waals surface area contributed by atoms with E-state index in [9.17, 15) is 8.78 Å². The largest absolute Gasteiger partial charge is 0.384 e. The third-order valence-corrected chi connectivity index (χ3v) is 3.83. The second-order valence-electron chi connectivity index (χ2n) is 6.58. The lowest BCUT2D eigenvalue weighted by Crippen LogP contribution is -2.20. The van der Waals surface area contributed by atoms with Gasteiger partial charge >= 0.3 is 0 Å². The van der Waals surface area contributed by atoms with Gasteiger partial charge in [0, 0.05) is 30.5 Å². The number of hydrogen-bond donors (Lipinski definition) is 2. The van der Waals surface area contributed by atoms with Gasteiger partial charge in [0.05, 0.1) is 5.69 Å². The molecule has 2 N–H and O–H groups in total. The molecule has 0 atom stereocenters. The highest BCUT2D eigenvalue weighted by molar-refractivity contribution is 5.63. The normalized spacial score (nSPS) is 11.0. The van der Waals surface area contributed by atoms with Gasteiger partial charge in [0.25, 0.3) is 0 Å². The number of halogens is 2. The number of benzene rings is 2. The van der Waals surface area contributed by atoms with Crippen molar-refractivity contribution in [3.63, 3.8) is 0 Å². The third kappa shape index (κ3) is 5.24. The van der Waals surface area contributed by atoms with E-state index in [-0.39, 0.29) is 5.69 Å². The Balaban J connectivity index is 1.74. The highest BCUT2D eigenvalue weighted by Crippen LogP contribution is 2.21. The first-order valence-electron chi connectivity index (χ1n) is 8.54. The zero-order chi connectivity index (χ0) is 19.4. The second-order valence-corrected chi connectivity index (χ2v) is 6.58. The van der Waals surface area contributed by atoms with Crippen molar-refractivity contribution in [2.45, 2.75) is 6.92 Å². The van der Waals surface area contributed by atoms with Crippen molar-refractivity contribution in [3.8, 4) is 5.69 Å². The van der Waals surface area contributed by atoms with E-state index in [1.54, 1.807) is 0 Å². The first-order valence-corrected chi connectivity index (χ1v) is 8.54. The van der Waals surface area contributed by atoms with Gasteiger partial charge in [0.1, 0.15) is 18.0 Å². The van der Waals surface area contributed by atoms with Crippen LogP contribution in [-0.2, 0) is 0 Å². The molecule has 0 spiro atoms. The smallest absolute Gasteiger partial charge is 0.246 e. The number of aromatic nitrogens is 3. The summed E-state index contributed by atoms with van der Waals surface area (Å²) in [6, 6.07) is 9.20. The Kier molecular flexibility index (Phi) is 5.66. The first-order chi connectivity index (χ1) is 12.9. The zero-order valence-electron chi connectivity index (χ0n) is 15.5. The molecule has 142 valence electrons. The van der Waals surface area contributed by atoms with Crippen LogP contribution in [0.3, 0.4) is 0 Å². The van der Waals surface area contributed by atoms with Crippen LogP contribution in [0.15, 0.2) is 42.7 Å². The maximum absolute atomic E-state index is 13.4. The molecule has 3 rings (SSSR count). The van der Waals surface area contributed by atoms with Gasteiger partial charge in [0.15, 0.2) is 0 Å². The summed E-state index contributed by atoms with van der Waals surface area (Å²) in [4.78, 5) is 6.27. The molecule has 8 heteroatoms. The summed E-state index contributed by atoms with van der Waals surface area (Å²) < 4.78 is 28.1. The van der Waals surface area contributed by atoms with Crippen molar-refractivity contribution in [1.29, 1.82) is 0 Å². The van der Waals surface area contributed by atoms with E-state index in [4.69, 9.17) is 0 Å². The van der Waals surface area contributed by atoms with E-state index < -0.39 is 11.6 Å². The Hall–Kier alpha value is -3.00. The predicted octanol–water partition coefficient (Wildman–Crippen LogP) is 3.57. The SMILES string of the molecule is Cc1cc(NCCN(C)C)cc(Nc2ncn(-c3cc(F)cc(F)c3)n2)c1. The van der Waals surface area contributed by atoms with Crippen LogP contribution in [0.1, 0.15) is 5.56 Å². The fourth-order valence-electron chi connectivity index (χ4n) is 2.63. The summed E-state index contributed by atoms with van der Waals surface area (Å²) >= 11 is 0. The van der Waals surface area contributed by atoms with Crippen LogP contribution in [-0.4, -0.2) is 46.8 Å². The summed E-state index contributed by atoms with van der Waals surface area (Å²) in [6.45, 7) is 3.75. The predicted molar refractivity (Wildman–Crippen MR) is 103 cm³/mol. The molecule has 0 saturated heterocycles. The summed E-state index contributed by atoms with van der Waals surface area (Å²) in [5.41, 5.74) is 3.17. The Morgan fingerprint density at radius 3 is 2.41 bits per heavy atom. The third-order valence-electron chi connectivity index (χ3n) is 3.83. The minimum Gasteiger partial charge on any atom is -0.384 e. The van der Waals surface area contributed by atoms with E-state index in [1.807, 2.05) is 33.2 Å². The number of likely N-dealkylation sites (N-methyl/N-ethyl adjacent to an activating group) is 1. The number of nitrogens with zero attached hydrogens (tertiary/aromatic N) is 4. The minimum atomic E-state index is -0.665. The van der Waals surface area contributed by atoms with E-state index in [0.29, 0.717) is 5.95 Å². The Bertz CT molecular complexity index is 902. The summed E-state index contributed by atoms with van der Waals surface area (Å²) in [6.07, 6.45) is 1.41. The highest BCUT2D eigenvalue weighted by atomic mass is 19.1. The second kappa shape index (κ2) is 8.13. The minimum absolute atomic E-state index is 0.267. The molecule has 1 aromatic heterocycles. The monoisotopic (exact) mass is 372 g/mol. The molecule has 27 heavy (non-hydrogen) atoms. The van der Waals surface area contributed by atoms with Gasteiger partial charge in [-0.25, -0.2) is 13.5 Å². The van der Waals surface area contributed by atoms with Crippen LogP contribution in [0.25, 0.3) is 5.69 Å². The summed E-state index contributed by atoms with van der Waals surface area (Å²) in [5, 5.41) is 10.7. The lowest BCUT2D eigenvalue weighted by atomic mass is 10.2. The molecule has 0 aliphatic carbocycles. The van der Waals surface area contributed by atoms with Gasteiger partial charge in [0.2, 0.25) is 5.95 Å². The maximum atomic E-state index is 13.4. The number of aryl methyl sites for hydroxylation is 1. The fraction of sp³-hybridized carbons (Fsp3) is 0.263. The highest BCUT2D eigenvalue weighted by Gasteiger charge is 2.07. The van der Waals surface area contributed by atoms with Gasteiger partial charge in [-0.15, -0.1) is 5.10 Å². The molecule has 0 fully saturated rings. The topological polar surface area (TPSA) is 58.0 Å². The molecule has 6 nitrogen and oxygen atoms in total. The Morgan fingerprint density at radius 2 is 1.70 bits per heavy atom. The molecule has 0 saturated carbocycles. The molecular formula is C19H22F2N6. The lowest BCUT2D eigenvalue weighted by molar-refractivity contribution is 0.425. The number of hydrogen-bond acceptors (Lipinski definition) is 5. The zero-order valence-corrected chi connectivity index (χ0v) is 15.5. The fourth-order valence-corrected chi connectivity index (χ4v) is 2.63. The van der Waals surface area contributed by atoms with Crippen molar-refractivity contribution in [1.82, 2.24) is 19.7 Å². The van der Waals surface area contributed by atoms with Gasteiger partial charge in [-0.1, -0.05) is 0 Å². The maximum Gasteiger partial charge on any atom is 0.246 e. The summed E-state index contributed by atoms with van der Waals surface area (Å²) in [5.74, 6) is -0.992. The molecule has 0 bridgehead atoms. The molecule has 0 aliphatic rings. The van der Waals surface area contributed by atoms with Crippen molar-refractivity contribution in [2.24, 2.45) is 0 Å². The average molecular weight is 372 g/mol. The Morgan fingerprint density at radius 1 is 1.00 bits per heavy atom. The van der Waals surface area contributed by atoms with Crippen molar-refractivity contribution < 1.29 is 8.78 Å². The first kappa shape index (κ1) is 18.8. The Labute approximate surface area is 156 Å². The molecular weight excluding hydrogens is 350 g/mol. The average Bonchev–Trinajstić information content (AvgIpc) is 3.01. The van der Waals surface area contributed by atoms with Gasteiger partial charge in [-0.2, -0.15) is 4.98 Å². The molecule has 3 aromatic rings. The molecule has 2 aromatic carbocycles. The summed E-state index contributed by atoms with van der Waals surface area (Å²) in [7, 11) is 4.05. The van der Waals surface area contributed by atoms with E-state index in [2.05, 4.69) is 31.7 Å². The van der Waals surface area contributed by atoms with E-state index in [0.717, 1.165) is 36.1 Å². The van der Waals surface area contributed by atoms with Crippen LogP contribution >= 0.6 is 0 Å². The van der Waals surface area contributed by atoms with Gasteiger partial charge < -0.3 is 15.5 Å². The van der Waals surface area contributed by atoms with E-state index >= 15 is 0 Å². The number of nitrogens with one attached hydrogen (secondary N) is 2. The van der Waals surface area contributed by atoms with Crippen LogP contribution in [0.5, 0.6) is 0 Å². The lowest BCUT2D eigenvalue weighted by Gasteiger charge is -2.13. The van der Waals surface area contributed by atoms with Gasteiger partial charge in [-0.3, -0.25) is 0 Å². The van der Waals surface area contributed by atoms with Crippen LogP contribution < -0.4 is 10.6 Å². The van der Waals surface area contributed by atoms with Crippen LogP contribution in [0.2, 0.25) is 0 Å². The van der Waals surface area contributed by atoms with Crippen molar-refractivity contribution in [2.75, 3.05) is 37.8 Å². The molecule has 0 amide bonds. The van der Waals surface area contributed by atoms with Crippen LogP contribution in [0.4, 0.5) is 26.1 Å².